The van der Waals surface area contributed by atoms with Crippen LogP contribution >= 0.6 is 0 Å². The Morgan fingerprint density at radius 3 is 2.62 bits per heavy atom. The lowest BCUT2D eigenvalue weighted by atomic mass is 9.89. The second-order valence-electron chi connectivity index (χ2n) is 9.79. The third kappa shape index (κ3) is 5.98. The average molecular weight is 459 g/mol. The third-order valence-corrected chi connectivity index (χ3v) is 6.87. The Labute approximate surface area is 204 Å². The predicted octanol–water partition coefficient (Wildman–Crippen LogP) is 6.99. The summed E-state index contributed by atoms with van der Waals surface area (Å²) in [5.74, 6) is 1.61. The van der Waals surface area contributed by atoms with Crippen LogP contribution in [-0.4, -0.2) is 30.5 Å². The van der Waals surface area contributed by atoms with Gasteiger partial charge in [0.15, 0.2) is 0 Å². The molecule has 0 unspecified atom stereocenters. The van der Waals surface area contributed by atoms with Crippen LogP contribution in [0.3, 0.4) is 0 Å². The summed E-state index contributed by atoms with van der Waals surface area (Å²) >= 11 is 0. The number of carbonyl (C=O) groups is 1. The first-order chi connectivity index (χ1) is 16.5. The zero-order chi connectivity index (χ0) is 23.9. The maximum Gasteiger partial charge on any atom is 0.226 e. The van der Waals surface area contributed by atoms with Crippen LogP contribution in [0.15, 0.2) is 60.7 Å². The molecule has 4 heteroatoms. The minimum atomic E-state index is -0.0168. The molecule has 4 rings (SSSR count). The van der Waals surface area contributed by atoms with Gasteiger partial charge in [-0.3, -0.25) is 9.69 Å². The van der Waals surface area contributed by atoms with Gasteiger partial charge in [-0.1, -0.05) is 69.7 Å². The van der Waals surface area contributed by atoms with Crippen LogP contribution < -0.4 is 10.1 Å². The zero-order valence-electron chi connectivity index (χ0n) is 20.8. The van der Waals surface area contributed by atoms with Gasteiger partial charge in [-0.15, -0.1) is 0 Å². The van der Waals surface area contributed by atoms with E-state index in [4.69, 9.17) is 4.74 Å². The number of hydrogen-bond acceptors (Lipinski definition) is 3. The van der Waals surface area contributed by atoms with Crippen molar-refractivity contribution in [3.05, 3.63) is 71.8 Å². The number of likely N-dealkylation sites (tertiary alicyclic amines) is 1. The van der Waals surface area contributed by atoms with Gasteiger partial charge >= 0.3 is 0 Å². The summed E-state index contributed by atoms with van der Waals surface area (Å²) in [5.41, 5.74) is 3.55. The van der Waals surface area contributed by atoms with Crippen molar-refractivity contribution < 1.29 is 9.53 Å². The first kappa shape index (κ1) is 24.3. The minimum absolute atomic E-state index is 0.0168. The summed E-state index contributed by atoms with van der Waals surface area (Å²) in [7, 11) is 0. The standard InChI is InChI=1S/C30H38N2O2/c1-4-5-19-34-29-14-13-24-9-6-7-12-27(24)28(29)21-32-17-15-23(16-18-32)25-10-8-11-26(20-25)31-30(33)22(2)3/h6-14,20,22-23H,4-5,15-19,21H2,1-3H3,(H,31,33). The summed E-state index contributed by atoms with van der Waals surface area (Å²) in [6.45, 7) is 9.85. The maximum absolute atomic E-state index is 12.1. The van der Waals surface area contributed by atoms with E-state index >= 15 is 0 Å². The molecule has 1 amide bonds. The summed E-state index contributed by atoms with van der Waals surface area (Å²) < 4.78 is 6.22. The molecule has 3 aromatic rings. The van der Waals surface area contributed by atoms with E-state index in [2.05, 4.69) is 71.7 Å². The Hall–Kier alpha value is -2.85. The van der Waals surface area contributed by atoms with Crippen LogP contribution in [-0.2, 0) is 11.3 Å². The lowest BCUT2D eigenvalue weighted by molar-refractivity contribution is -0.118. The second-order valence-corrected chi connectivity index (χ2v) is 9.79. The topological polar surface area (TPSA) is 41.6 Å². The highest BCUT2D eigenvalue weighted by Crippen LogP contribution is 2.33. The number of unbranched alkanes of at least 4 members (excludes halogenated alkanes) is 1. The SMILES string of the molecule is CCCCOc1ccc2ccccc2c1CN1CCC(c2cccc(NC(=O)C(C)C)c2)CC1. The van der Waals surface area contributed by atoms with E-state index in [1.807, 2.05) is 19.9 Å². The number of amides is 1. The van der Waals surface area contributed by atoms with Gasteiger partial charge < -0.3 is 10.1 Å². The van der Waals surface area contributed by atoms with Gasteiger partial charge in [-0.2, -0.15) is 0 Å². The molecule has 0 radical (unpaired) electrons. The summed E-state index contributed by atoms with van der Waals surface area (Å²) in [4.78, 5) is 14.7. The fourth-order valence-corrected chi connectivity index (χ4v) is 4.75. The number of nitrogens with one attached hydrogen (secondary N) is 1. The Balaban J connectivity index is 1.43. The van der Waals surface area contributed by atoms with Crippen molar-refractivity contribution in [1.29, 1.82) is 0 Å². The van der Waals surface area contributed by atoms with Crippen molar-refractivity contribution >= 4 is 22.4 Å². The van der Waals surface area contributed by atoms with Crippen molar-refractivity contribution in [2.45, 2.75) is 58.9 Å². The number of benzene rings is 3. The summed E-state index contributed by atoms with van der Waals surface area (Å²) in [6.07, 6.45) is 4.46. The Kier molecular flexibility index (Phi) is 8.23. The van der Waals surface area contributed by atoms with Crippen LogP contribution in [0.25, 0.3) is 10.8 Å². The molecule has 0 aliphatic carbocycles. The number of fused-ring (bicyclic) bond motifs is 1. The van der Waals surface area contributed by atoms with E-state index < -0.39 is 0 Å². The molecular weight excluding hydrogens is 420 g/mol. The first-order valence-corrected chi connectivity index (χ1v) is 12.8. The molecule has 3 aromatic carbocycles. The predicted molar refractivity (Wildman–Crippen MR) is 142 cm³/mol. The normalized spacial score (nSPS) is 15.1. The number of piperidine rings is 1. The molecule has 1 N–H and O–H groups in total. The molecule has 0 saturated carbocycles. The molecule has 0 bridgehead atoms. The van der Waals surface area contributed by atoms with Crippen molar-refractivity contribution in [2.75, 3.05) is 25.0 Å². The van der Waals surface area contributed by atoms with E-state index in [1.54, 1.807) is 0 Å². The molecule has 0 atom stereocenters. The molecule has 0 spiro atoms. The molecule has 1 saturated heterocycles. The average Bonchev–Trinajstić information content (AvgIpc) is 2.86. The van der Waals surface area contributed by atoms with Crippen molar-refractivity contribution in [3.63, 3.8) is 0 Å². The minimum Gasteiger partial charge on any atom is -0.493 e. The molecule has 1 aliphatic rings. The van der Waals surface area contributed by atoms with E-state index in [9.17, 15) is 4.79 Å². The van der Waals surface area contributed by atoms with Gasteiger partial charge in [0.2, 0.25) is 5.91 Å². The van der Waals surface area contributed by atoms with Crippen LogP contribution in [0.2, 0.25) is 0 Å². The number of ether oxygens (including phenoxy) is 1. The van der Waals surface area contributed by atoms with E-state index in [0.717, 1.165) is 63.4 Å². The summed E-state index contributed by atoms with van der Waals surface area (Å²) in [5, 5.41) is 5.62. The number of carbonyl (C=O) groups excluding carboxylic acids is 1. The fourth-order valence-electron chi connectivity index (χ4n) is 4.75. The van der Waals surface area contributed by atoms with Crippen LogP contribution in [0.4, 0.5) is 5.69 Å². The number of hydrogen-bond donors (Lipinski definition) is 1. The van der Waals surface area contributed by atoms with Crippen LogP contribution in [0.5, 0.6) is 5.75 Å². The molecular formula is C30H38N2O2. The highest BCUT2D eigenvalue weighted by atomic mass is 16.5. The first-order valence-electron chi connectivity index (χ1n) is 12.8. The Morgan fingerprint density at radius 2 is 1.85 bits per heavy atom. The van der Waals surface area contributed by atoms with Crippen molar-refractivity contribution in [3.8, 4) is 5.75 Å². The van der Waals surface area contributed by atoms with E-state index in [1.165, 1.54) is 21.9 Å². The number of nitrogens with zero attached hydrogens (tertiary/aromatic N) is 1. The van der Waals surface area contributed by atoms with Crippen molar-refractivity contribution in [1.82, 2.24) is 4.90 Å². The highest BCUT2D eigenvalue weighted by molar-refractivity contribution is 5.92. The monoisotopic (exact) mass is 458 g/mol. The Bertz CT molecular complexity index is 1100. The lowest BCUT2D eigenvalue weighted by Crippen LogP contribution is -2.32. The van der Waals surface area contributed by atoms with Gasteiger partial charge in [0, 0.05) is 23.7 Å². The number of rotatable bonds is 9. The van der Waals surface area contributed by atoms with Gasteiger partial charge in [0.25, 0.3) is 0 Å². The van der Waals surface area contributed by atoms with Crippen LogP contribution in [0, 0.1) is 5.92 Å². The third-order valence-electron chi connectivity index (χ3n) is 6.87. The van der Waals surface area contributed by atoms with Gasteiger partial charge in [-0.25, -0.2) is 0 Å². The highest BCUT2D eigenvalue weighted by Gasteiger charge is 2.23. The van der Waals surface area contributed by atoms with E-state index in [0.29, 0.717) is 5.92 Å². The zero-order valence-corrected chi connectivity index (χ0v) is 20.8. The van der Waals surface area contributed by atoms with Gasteiger partial charge in [0.05, 0.1) is 6.61 Å². The van der Waals surface area contributed by atoms with Crippen molar-refractivity contribution in [2.24, 2.45) is 5.92 Å². The largest absolute Gasteiger partial charge is 0.493 e. The number of anilines is 1. The Morgan fingerprint density at radius 1 is 1.06 bits per heavy atom. The maximum atomic E-state index is 12.1. The molecule has 1 heterocycles. The lowest BCUT2D eigenvalue weighted by Gasteiger charge is -2.33. The molecule has 1 fully saturated rings. The molecule has 0 aromatic heterocycles. The van der Waals surface area contributed by atoms with Gasteiger partial charge in [0.1, 0.15) is 5.75 Å². The van der Waals surface area contributed by atoms with Crippen LogP contribution in [0.1, 0.15) is 63.5 Å². The molecule has 34 heavy (non-hydrogen) atoms. The molecule has 180 valence electrons. The second kappa shape index (κ2) is 11.5. The fraction of sp³-hybridized carbons (Fsp3) is 0.433. The smallest absolute Gasteiger partial charge is 0.226 e. The molecule has 4 nitrogen and oxygen atoms in total. The summed E-state index contributed by atoms with van der Waals surface area (Å²) in [6, 6.07) is 21.4. The molecule has 1 aliphatic heterocycles. The quantitative estimate of drug-likeness (QED) is 0.351. The van der Waals surface area contributed by atoms with Gasteiger partial charge in [-0.05, 0) is 72.8 Å². The van der Waals surface area contributed by atoms with E-state index in [-0.39, 0.29) is 11.8 Å².